The lowest BCUT2D eigenvalue weighted by Gasteiger charge is -2.30. The van der Waals surface area contributed by atoms with Crippen LogP contribution in [0.1, 0.15) is 32.1 Å². The zero-order chi connectivity index (χ0) is 19.1. The molecule has 1 N–H and O–H groups in total. The third-order valence-corrected chi connectivity index (χ3v) is 6.86. The number of rotatable bonds is 8. The highest BCUT2D eigenvalue weighted by atomic mass is 32.5. The standard InChI is InChI=1S/C20H26NO4PS/c1-22-17-8-12-19(13-9-17)24-26(27,21-16-6-4-3-5-7-16)25-20-14-10-18(23-2)11-15-20/h8-16H,3-7H2,1-2H3,(H,21,27). The van der Waals surface area contributed by atoms with Gasteiger partial charge >= 0.3 is 6.64 Å². The first-order valence-electron chi connectivity index (χ1n) is 9.15. The molecule has 0 amide bonds. The van der Waals surface area contributed by atoms with Crippen LogP contribution in [0.25, 0.3) is 0 Å². The summed E-state index contributed by atoms with van der Waals surface area (Å²) in [5, 5.41) is 3.51. The summed E-state index contributed by atoms with van der Waals surface area (Å²) in [6.07, 6.45) is 5.88. The van der Waals surface area contributed by atoms with E-state index in [-0.39, 0.29) is 0 Å². The second kappa shape index (κ2) is 9.45. The third-order valence-electron chi connectivity index (χ3n) is 4.52. The van der Waals surface area contributed by atoms with Crippen molar-refractivity contribution in [2.75, 3.05) is 14.2 Å². The van der Waals surface area contributed by atoms with Crippen LogP contribution in [0.5, 0.6) is 23.0 Å². The smallest absolute Gasteiger partial charge is 0.365 e. The van der Waals surface area contributed by atoms with E-state index in [1.54, 1.807) is 14.2 Å². The monoisotopic (exact) mass is 407 g/mol. The summed E-state index contributed by atoms with van der Waals surface area (Å²) in [5.41, 5.74) is 0. The number of benzene rings is 2. The van der Waals surface area contributed by atoms with E-state index in [0.29, 0.717) is 17.5 Å². The van der Waals surface area contributed by atoms with Crippen LogP contribution in [0, 0.1) is 0 Å². The zero-order valence-corrected chi connectivity index (χ0v) is 17.4. The molecule has 0 saturated heterocycles. The molecular formula is C20H26NO4PS. The van der Waals surface area contributed by atoms with Crippen LogP contribution >= 0.6 is 6.64 Å². The number of hydrogen-bond donors (Lipinski definition) is 1. The van der Waals surface area contributed by atoms with Gasteiger partial charge in [-0.15, -0.1) is 0 Å². The number of hydrogen-bond acceptors (Lipinski definition) is 5. The van der Waals surface area contributed by atoms with Crippen molar-refractivity contribution in [1.29, 1.82) is 0 Å². The van der Waals surface area contributed by atoms with Gasteiger partial charge in [0.25, 0.3) is 0 Å². The average Bonchev–Trinajstić information content (AvgIpc) is 2.69. The summed E-state index contributed by atoms with van der Waals surface area (Å²) in [7, 11) is 3.27. The van der Waals surface area contributed by atoms with Crippen molar-refractivity contribution in [3.63, 3.8) is 0 Å². The molecule has 2 aromatic rings. The largest absolute Gasteiger partial charge is 0.497 e. The van der Waals surface area contributed by atoms with Gasteiger partial charge in [0, 0.05) is 17.8 Å². The minimum absolute atomic E-state index is 0.320. The molecular weight excluding hydrogens is 381 g/mol. The number of ether oxygens (including phenoxy) is 2. The first kappa shape index (κ1) is 20.0. The Morgan fingerprint density at radius 1 is 0.741 bits per heavy atom. The van der Waals surface area contributed by atoms with Crippen LogP contribution in [-0.2, 0) is 11.8 Å². The van der Waals surface area contributed by atoms with E-state index < -0.39 is 6.64 Å². The molecule has 1 aliphatic rings. The van der Waals surface area contributed by atoms with Gasteiger partial charge in [0.15, 0.2) is 0 Å². The van der Waals surface area contributed by atoms with Crippen LogP contribution in [0.4, 0.5) is 0 Å². The lowest BCUT2D eigenvalue weighted by molar-refractivity contribution is 0.386. The Morgan fingerprint density at radius 2 is 1.15 bits per heavy atom. The fourth-order valence-electron chi connectivity index (χ4n) is 3.08. The molecule has 0 aromatic heterocycles. The van der Waals surface area contributed by atoms with Crippen LogP contribution in [0.2, 0.25) is 0 Å². The van der Waals surface area contributed by atoms with Gasteiger partial charge in [0.2, 0.25) is 0 Å². The van der Waals surface area contributed by atoms with Gasteiger partial charge in [0.05, 0.1) is 14.2 Å². The van der Waals surface area contributed by atoms with E-state index in [0.717, 1.165) is 24.3 Å². The van der Waals surface area contributed by atoms with E-state index in [9.17, 15) is 0 Å². The Bertz CT molecular complexity index is 707. The molecule has 0 spiro atoms. The highest BCUT2D eigenvalue weighted by molar-refractivity contribution is 8.09. The predicted molar refractivity (Wildman–Crippen MR) is 112 cm³/mol. The van der Waals surface area contributed by atoms with Crippen molar-refractivity contribution in [2.45, 2.75) is 38.1 Å². The van der Waals surface area contributed by atoms with E-state index in [2.05, 4.69) is 5.09 Å². The Balaban J connectivity index is 1.78. The second-order valence-electron chi connectivity index (χ2n) is 6.50. The first-order valence-corrected chi connectivity index (χ1v) is 11.8. The van der Waals surface area contributed by atoms with Gasteiger partial charge in [-0.1, -0.05) is 19.3 Å². The van der Waals surface area contributed by atoms with Crippen molar-refractivity contribution < 1.29 is 18.5 Å². The molecule has 0 bridgehead atoms. The maximum absolute atomic E-state index is 6.17. The van der Waals surface area contributed by atoms with E-state index in [4.69, 9.17) is 30.3 Å². The molecule has 0 atom stereocenters. The minimum atomic E-state index is -2.78. The molecule has 2 aromatic carbocycles. The highest BCUT2D eigenvalue weighted by Gasteiger charge is 2.28. The highest BCUT2D eigenvalue weighted by Crippen LogP contribution is 2.47. The summed E-state index contributed by atoms with van der Waals surface area (Å²) in [5.74, 6) is 2.87. The SMILES string of the molecule is COc1ccc(OP(=S)(NC2CCCCC2)Oc2ccc(OC)cc2)cc1. The van der Waals surface area contributed by atoms with Gasteiger partial charge in [-0.05, 0) is 61.4 Å². The van der Waals surface area contributed by atoms with Gasteiger partial charge in [-0.3, -0.25) is 0 Å². The molecule has 0 aliphatic heterocycles. The molecule has 0 heterocycles. The zero-order valence-electron chi connectivity index (χ0n) is 15.7. The molecule has 5 nitrogen and oxygen atoms in total. The third kappa shape index (κ3) is 5.86. The van der Waals surface area contributed by atoms with Crippen LogP contribution in [0.3, 0.4) is 0 Å². The van der Waals surface area contributed by atoms with E-state index in [1.165, 1.54) is 19.3 Å². The lowest BCUT2D eigenvalue weighted by atomic mass is 9.96. The molecule has 7 heteroatoms. The fourth-order valence-corrected chi connectivity index (χ4v) is 5.69. The van der Waals surface area contributed by atoms with Crippen molar-refractivity contribution >= 4 is 18.4 Å². The molecule has 27 heavy (non-hydrogen) atoms. The molecule has 0 radical (unpaired) electrons. The van der Waals surface area contributed by atoms with Crippen molar-refractivity contribution in [3.8, 4) is 23.0 Å². The Hall–Kier alpha value is -1.75. The summed E-state index contributed by atoms with van der Waals surface area (Å²) in [6, 6.07) is 15.1. The first-order chi connectivity index (χ1) is 13.1. The maximum Gasteiger partial charge on any atom is 0.365 e. The van der Waals surface area contributed by atoms with Gasteiger partial charge in [-0.25, -0.2) is 5.09 Å². The van der Waals surface area contributed by atoms with Crippen LogP contribution in [0.15, 0.2) is 48.5 Å². The van der Waals surface area contributed by atoms with Crippen LogP contribution < -0.4 is 23.6 Å². The summed E-state index contributed by atoms with van der Waals surface area (Å²) < 4.78 is 22.8. The molecule has 1 aliphatic carbocycles. The molecule has 1 fully saturated rings. The minimum Gasteiger partial charge on any atom is -0.497 e. The number of nitrogens with one attached hydrogen (secondary N) is 1. The van der Waals surface area contributed by atoms with Crippen molar-refractivity contribution in [3.05, 3.63) is 48.5 Å². The predicted octanol–water partition coefficient (Wildman–Crippen LogP) is 5.31. The molecule has 1 saturated carbocycles. The normalized spacial score (nSPS) is 15.2. The van der Waals surface area contributed by atoms with Gasteiger partial charge < -0.3 is 18.5 Å². The maximum atomic E-state index is 6.17. The van der Waals surface area contributed by atoms with Gasteiger partial charge in [0.1, 0.15) is 23.0 Å². The fraction of sp³-hybridized carbons (Fsp3) is 0.400. The quantitative estimate of drug-likeness (QED) is 0.599. The topological polar surface area (TPSA) is 49.0 Å². The summed E-state index contributed by atoms with van der Waals surface area (Å²) >= 11 is 5.86. The van der Waals surface area contributed by atoms with Gasteiger partial charge in [-0.2, -0.15) is 0 Å². The average molecular weight is 407 g/mol. The molecule has 146 valence electrons. The summed E-state index contributed by atoms with van der Waals surface area (Å²) in [4.78, 5) is 0. The second-order valence-corrected chi connectivity index (χ2v) is 9.56. The number of methoxy groups -OCH3 is 2. The Morgan fingerprint density at radius 3 is 1.56 bits per heavy atom. The van der Waals surface area contributed by atoms with E-state index >= 15 is 0 Å². The van der Waals surface area contributed by atoms with Crippen LogP contribution in [-0.4, -0.2) is 20.3 Å². The lowest BCUT2D eigenvalue weighted by Crippen LogP contribution is -2.31. The Labute approximate surface area is 166 Å². The molecule has 3 rings (SSSR count). The summed E-state index contributed by atoms with van der Waals surface area (Å²) in [6.45, 7) is -2.78. The molecule has 0 unspecified atom stereocenters. The van der Waals surface area contributed by atoms with E-state index in [1.807, 2.05) is 48.5 Å². The van der Waals surface area contributed by atoms with Crippen molar-refractivity contribution in [2.24, 2.45) is 0 Å². The Kier molecular flexibility index (Phi) is 7.00. The van der Waals surface area contributed by atoms with Crippen molar-refractivity contribution in [1.82, 2.24) is 5.09 Å².